The number of rotatable bonds is 6. The summed E-state index contributed by atoms with van der Waals surface area (Å²) in [6, 6.07) is 19.5. The van der Waals surface area contributed by atoms with Gasteiger partial charge in [-0.1, -0.05) is 53.7 Å². The number of aromatic nitrogens is 2. The van der Waals surface area contributed by atoms with Gasteiger partial charge >= 0.3 is 21.1 Å². The van der Waals surface area contributed by atoms with Crippen LogP contribution in [0.2, 0.25) is 1.41 Å². The fraction of sp³-hybridized carbons (Fsp3) is 0.286. The van der Waals surface area contributed by atoms with E-state index in [0.717, 1.165) is 11.1 Å². The Morgan fingerprint density at radius 1 is 0.884 bits per heavy atom. The van der Waals surface area contributed by atoms with Crippen molar-refractivity contribution < 1.29 is 26.6 Å². The Morgan fingerprint density at radius 3 is 2.09 bits per heavy atom. The molecule has 7 nitrogen and oxygen atoms in total. The average molecular weight is 755 g/mol. The maximum atomic E-state index is 8.55. The molecule has 0 atom stereocenters. The summed E-state index contributed by atoms with van der Waals surface area (Å²) in [5.74, 6) is 2.03. The Labute approximate surface area is 276 Å². The molecule has 0 fully saturated rings. The molecule has 1 N–H and O–H groups in total. The van der Waals surface area contributed by atoms with Gasteiger partial charge in [-0.15, -0.1) is 35.1 Å². The van der Waals surface area contributed by atoms with Crippen molar-refractivity contribution in [2.75, 3.05) is 27.0 Å². The molecule has 2 aromatic carbocycles. The number of fused-ring (bicyclic) bond motifs is 2. The first-order valence-corrected chi connectivity index (χ1v) is 14.1. The quantitative estimate of drug-likeness (QED) is 0.198. The van der Waals surface area contributed by atoms with E-state index in [1.54, 1.807) is 42.8 Å². The summed E-state index contributed by atoms with van der Waals surface area (Å²) < 4.78 is 33.1. The molecule has 2 aliphatic rings. The number of hydrogen-bond acceptors (Lipinski definition) is 7. The van der Waals surface area contributed by atoms with Crippen LogP contribution in [0.15, 0.2) is 60.9 Å². The van der Waals surface area contributed by atoms with Gasteiger partial charge in [0.15, 0.2) is 0 Å². The monoisotopic (exact) mass is 754 g/mol. The van der Waals surface area contributed by atoms with Gasteiger partial charge in [0.25, 0.3) is 0 Å². The van der Waals surface area contributed by atoms with Crippen LogP contribution in [0.4, 0.5) is 34.4 Å². The van der Waals surface area contributed by atoms with Crippen LogP contribution in [-0.4, -0.2) is 16.9 Å². The Kier molecular flexibility index (Phi) is 8.19. The smallest absolute Gasteiger partial charge is 0.513 e. The minimum Gasteiger partial charge on any atom is -0.513 e. The summed E-state index contributed by atoms with van der Waals surface area (Å²) in [4.78, 5) is 14.1. The summed E-state index contributed by atoms with van der Waals surface area (Å²) >= 11 is 0. The van der Waals surface area contributed by atoms with Crippen molar-refractivity contribution in [1.82, 2.24) is 9.97 Å². The predicted octanol–water partition coefficient (Wildman–Crippen LogP) is 8.80. The van der Waals surface area contributed by atoms with Gasteiger partial charge in [0.05, 0.1) is 0 Å². The number of pyridine rings is 2. The van der Waals surface area contributed by atoms with Gasteiger partial charge in [0, 0.05) is 27.9 Å². The molecule has 43 heavy (non-hydrogen) atoms. The van der Waals surface area contributed by atoms with Crippen molar-refractivity contribution in [3.8, 4) is 11.1 Å². The molecule has 0 unspecified atom stereocenters. The molecule has 0 spiro atoms. The van der Waals surface area contributed by atoms with Crippen LogP contribution in [-0.2, 0) is 21.1 Å². The number of benzene rings is 2. The van der Waals surface area contributed by atoms with E-state index in [1.165, 1.54) is 26.9 Å². The topological polar surface area (TPSA) is 71.3 Å². The zero-order chi connectivity index (χ0) is 33.5. The third kappa shape index (κ3) is 5.99. The second kappa shape index (κ2) is 13.2. The predicted molar refractivity (Wildman–Crippen MR) is 171 cm³/mol. The summed E-state index contributed by atoms with van der Waals surface area (Å²) in [6.45, 7) is 18.9. The summed E-state index contributed by atoms with van der Waals surface area (Å²) in [5.41, 5.74) is 8.42. The van der Waals surface area contributed by atoms with Crippen LogP contribution in [0.3, 0.4) is 0 Å². The summed E-state index contributed by atoms with van der Waals surface area (Å²) in [7, 11) is 0. The molecule has 4 aromatic rings. The minimum atomic E-state index is -2.40. The molecule has 0 aliphatic carbocycles. The van der Waals surface area contributed by atoms with Gasteiger partial charge in [0.2, 0.25) is 0 Å². The van der Waals surface area contributed by atoms with Crippen LogP contribution < -0.4 is 20.0 Å². The van der Waals surface area contributed by atoms with Gasteiger partial charge in [-0.05, 0) is 71.2 Å². The minimum absolute atomic E-state index is 0. The molecular formula is C35H37N7Pt. The van der Waals surface area contributed by atoms with Gasteiger partial charge in [-0.3, -0.25) is 0 Å². The van der Waals surface area contributed by atoms with Crippen LogP contribution >= 0.6 is 0 Å². The molecule has 2 aromatic heterocycles. The van der Waals surface area contributed by atoms with E-state index < -0.39 is 6.98 Å². The van der Waals surface area contributed by atoms with Crippen LogP contribution in [0.1, 0.15) is 80.1 Å². The van der Waals surface area contributed by atoms with Crippen molar-refractivity contribution in [3.05, 3.63) is 104 Å². The Bertz CT molecular complexity index is 1730. The average Bonchev–Trinajstić information content (AvgIpc) is 3.60. The van der Waals surface area contributed by atoms with E-state index in [2.05, 4.69) is 81.8 Å². The van der Waals surface area contributed by atoms with Crippen molar-refractivity contribution in [2.45, 2.75) is 59.3 Å². The third-order valence-corrected chi connectivity index (χ3v) is 7.57. The molecule has 8 heteroatoms. The molecule has 6 rings (SSSR count). The molecule has 222 valence electrons. The van der Waals surface area contributed by atoms with Gasteiger partial charge in [0.1, 0.15) is 13.0 Å². The maximum absolute atomic E-state index is 8.55. The zero-order valence-corrected chi connectivity index (χ0v) is 27.4. The summed E-state index contributed by atoms with van der Waals surface area (Å²) in [5, 5.41) is 7.55. The van der Waals surface area contributed by atoms with Gasteiger partial charge in [-0.2, -0.15) is 13.3 Å². The maximum Gasteiger partial charge on any atom is 4.00 e. The van der Waals surface area contributed by atoms with Gasteiger partial charge < -0.3 is 31.8 Å². The molecular weight excluding hydrogens is 714 g/mol. The van der Waals surface area contributed by atoms with Crippen molar-refractivity contribution >= 4 is 34.4 Å². The van der Waals surface area contributed by atoms with Crippen molar-refractivity contribution in [2.24, 2.45) is 0 Å². The van der Waals surface area contributed by atoms with E-state index in [0.29, 0.717) is 40.3 Å². The fourth-order valence-electron chi connectivity index (χ4n) is 5.43. The largest absolute Gasteiger partial charge is 4.00 e. The Morgan fingerprint density at radius 2 is 1.49 bits per heavy atom. The molecule has 0 saturated heterocycles. The third-order valence-electron chi connectivity index (χ3n) is 7.57. The van der Waals surface area contributed by atoms with Crippen LogP contribution in [0, 0.1) is 31.2 Å². The number of nitrogens with one attached hydrogen (secondary N) is 1. The Balaban J connectivity index is 0.00000164. The normalized spacial score (nSPS) is 15.3. The zero-order valence-electron chi connectivity index (χ0n) is 29.1. The second-order valence-corrected chi connectivity index (χ2v) is 11.3. The molecule has 0 saturated carbocycles. The first-order valence-electron chi connectivity index (χ1n) is 16.0. The Hall–Kier alpha value is -3.88. The van der Waals surface area contributed by atoms with Crippen LogP contribution in [0.25, 0.3) is 11.1 Å². The summed E-state index contributed by atoms with van der Waals surface area (Å²) in [6.07, 6.45) is 3.38. The first kappa shape index (κ1) is 26.7. The van der Waals surface area contributed by atoms with Crippen molar-refractivity contribution in [3.63, 3.8) is 0 Å². The fourth-order valence-corrected chi connectivity index (χ4v) is 5.43. The van der Waals surface area contributed by atoms with E-state index in [4.69, 9.17) is 17.4 Å². The van der Waals surface area contributed by atoms with E-state index in [-0.39, 0.29) is 32.9 Å². The molecule has 4 heterocycles. The van der Waals surface area contributed by atoms with Crippen molar-refractivity contribution in [1.29, 1.82) is 5.26 Å². The standard InChI is InChI=1S/C34H37N6.CN.Pt/c1-21(2)24-16-28(22(3)4)32(29(17-24)23(5)6)25-14-26(39-19-37-30-10-8-12-35-33(30)39)18-27(15-25)40-20-38(7)31-11-9-13-36-34(31)40;1-2;/h8-17,19-23,37H,1-7H3;;/q-3;-1;+4/i7D3;;/hD. The SMILES string of the molecule is [2H]N1[CH-]N(c2[c-]c(N3[CH-]N(C([2H])([2H])[2H])c4cccnc43)cc(-c3c(C(C)C)cc(C(C)C)cc3C(C)C)c2)c2ncccc21.[C-]#N.[Pt+4]. The number of nitrogens with zero attached hydrogens (tertiary/aromatic N) is 6. The number of hydrogen-bond donors (Lipinski definition) is 1. The van der Waals surface area contributed by atoms with Gasteiger partial charge in [-0.25, -0.2) is 9.97 Å². The molecule has 2 aliphatic heterocycles. The van der Waals surface area contributed by atoms with E-state index in [9.17, 15) is 0 Å². The molecule has 0 bridgehead atoms. The molecule has 0 amide bonds. The first-order chi connectivity index (χ1) is 21.8. The molecule has 0 radical (unpaired) electrons. The number of anilines is 6. The van der Waals surface area contributed by atoms with E-state index >= 15 is 0 Å². The van der Waals surface area contributed by atoms with Crippen LogP contribution in [0.5, 0.6) is 0 Å². The van der Waals surface area contributed by atoms with E-state index in [1.807, 2.05) is 17.0 Å². The second-order valence-electron chi connectivity index (χ2n) is 11.3.